The summed E-state index contributed by atoms with van der Waals surface area (Å²) < 4.78 is 9.40. The van der Waals surface area contributed by atoms with E-state index in [1.165, 1.54) is 0 Å². The lowest BCUT2D eigenvalue weighted by atomic mass is 9.97. The maximum Gasteiger partial charge on any atom is 0.410 e. The Morgan fingerprint density at radius 1 is 1.16 bits per heavy atom. The van der Waals surface area contributed by atoms with Crippen molar-refractivity contribution < 1.29 is 19.7 Å². The maximum absolute atomic E-state index is 12.4. The van der Waals surface area contributed by atoms with Crippen LogP contribution in [0.25, 0.3) is 22.0 Å². The Balaban J connectivity index is 1.29. The number of carbonyl (C=O) groups is 1. The number of ether oxygens (including phenoxy) is 1. The first-order valence-corrected chi connectivity index (χ1v) is 13.2. The third kappa shape index (κ3) is 5.51. The second-order valence-corrected chi connectivity index (χ2v) is 11.4. The van der Waals surface area contributed by atoms with Crippen molar-refractivity contribution in [2.45, 2.75) is 84.0 Å². The van der Waals surface area contributed by atoms with E-state index in [0.29, 0.717) is 31.8 Å². The minimum Gasteiger partial charge on any atom is -0.444 e. The van der Waals surface area contributed by atoms with Gasteiger partial charge in [0.1, 0.15) is 18.1 Å². The van der Waals surface area contributed by atoms with Gasteiger partial charge in [-0.05, 0) is 70.9 Å². The van der Waals surface area contributed by atoms with Crippen LogP contribution in [0.2, 0.25) is 0 Å². The molecule has 3 unspecified atom stereocenters. The molecule has 1 aromatic carbocycles. The van der Waals surface area contributed by atoms with E-state index in [1.807, 2.05) is 55.4 Å². The molecule has 0 radical (unpaired) electrons. The smallest absolute Gasteiger partial charge is 0.410 e. The van der Waals surface area contributed by atoms with Crippen LogP contribution in [0, 0.1) is 12.8 Å². The number of nitrogens with zero attached hydrogens (tertiary/aromatic N) is 5. The molecular formula is C27H38N6O4. The molecule has 0 saturated carbocycles. The first kappa shape index (κ1) is 25.7. The number of fused-ring (bicyclic) bond motifs is 1. The average molecular weight is 511 g/mol. The zero-order chi connectivity index (χ0) is 26.3. The molecular weight excluding hydrogens is 472 g/mol. The third-order valence-corrected chi connectivity index (χ3v) is 7.34. The second-order valence-electron chi connectivity index (χ2n) is 11.4. The summed E-state index contributed by atoms with van der Waals surface area (Å²) in [5, 5.41) is 33.6. The average Bonchev–Trinajstić information content (AvgIpc) is 3.43. The van der Waals surface area contributed by atoms with Crippen LogP contribution >= 0.6 is 0 Å². The van der Waals surface area contributed by atoms with E-state index in [2.05, 4.69) is 22.7 Å². The molecule has 37 heavy (non-hydrogen) atoms. The number of aromatic nitrogens is 4. The van der Waals surface area contributed by atoms with Gasteiger partial charge in [-0.25, -0.2) is 4.79 Å². The largest absolute Gasteiger partial charge is 0.444 e. The molecule has 10 heteroatoms. The van der Waals surface area contributed by atoms with Crippen LogP contribution in [0.3, 0.4) is 0 Å². The summed E-state index contributed by atoms with van der Waals surface area (Å²) in [5.41, 5.74) is 3.46. The quantitative estimate of drug-likeness (QED) is 0.492. The molecule has 2 fully saturated rings. The Bertz CT molecular complexity index is 1250. The van der Waals surface area contributed by atoms with Crippen molar-refractivity contribution in [1.82, 2.24) is 29.8 Å². The molecule has 3 atom stereocenters. The van der Waals surface area contributed by atoms with Crippen LogP contribution in [0.15, 0.2) is 30.6 Å². The number of likely N-dealkylation sites (tertiary alicyclic amines) is 1. The topological polar surface area (TPSA) is 118 Å². The summed E-state index contributed by atoms with van der Waals surface area (Å²) in [6.45, 7) is 9.86. The highest BCUT2D eigenvalue weighted by Crippen LogP contribution is 2.34. The van der Waals surface area contributed by atoms with Crippen molar-refractivity contribution in [3.63, 3.8) is 0 Å². The van der Waals surface area contributed by atoms with E-state index in [1.54, 1.807) is 4.90 Å². The molecule has 2 aliphatic rings. The molecule has 5 rings (SSSR count). The van der Waals surface area contributed by atoms with Gasteiger partial charge in [-0.1, -0.05) is 12.1 Å². The van der Waals surface area contributed by atoms with Crippen molar-refractivity contribution >= 4 is 17.0 Å². The highest BCUT2D eigenvalue weighted by atomic mass is 16.6. The molecule has 2 aliphatic heterocycles. The highest BCUT2D eigenvalue weighted by molar-refractivity contribution is 5.96. The fourth-order valence-electron chi connectivity index (χ4n) is 5.50. The number of hydrogen-bond donors (Lipinski definition) is 3. The molecule has 1 amide bonds. The van der Waals surface area contributed by atoms with E-state index in [-0.39, 0.29) is 12.1 Å². The number of hydrogen-bond acceptors (Lipinski definition) is 7. The van der Waals surface area contributed by atoms with E-state index in [9.17, 15) is 15.0 Å². The van der Waals surface area contributed by atoms with Crippen LogP contribution in [-0.4, -0.2) is 71.9 Å². The van der Waals surface area contributed by atoms with E-state index >= 15 is 0 Å². The van der Waals surface area contributed by atoms with Gasteiger partial charge in [0.25, 0.3) is 0 Å². The van der Waals surface area contributed by atoms with Crippen molar-refractivity contribution in [1.29, 1.82) is 0 Å². The lowest BCUT2D eigenvalue weighted by Gasteiger charge is -2.33. The number of aryl methyl sites for hydroxylation is 1. The Hall–Kier alpha value is -2.95. The zero-order valence-corrected chi connectivity index (χ0v) is 22.1. The van der Waals surface area contributed by atoms with Crippen LogP contribution < -0.4 is 5.32 Å². The number of benzene rings is 1. The summed E-state index contributed by atoms with van der Waals surface area (Å²) in [7, 11) is 0. The fourth-order valence-corrected chi connectivity index (χ4v) is 5.50. The highest BCUT2D eigenvalue weighted by Gasteiger charge is 2.31. The fraction of sp³-hybridized carbons (Fsp3) is 0.593. The number of nitrogens with one attached hydrogen (secondary N) is 1. The lowest BCUT2D eigenvalue weighted by molar-refractivity contribution is -0.0297. The van der Waals surface area contributed by atoms with Crippen LogP contribution in [0.1, 0.15) is 58.2 Å². The van der Waals surface area contributed by atoms with Crippen molar-refractivity contribution in [3.8, 4) is 11.1 Å². The molecule has 3 aromatic rings. The number of aliphatic hydroxyl groups is 2. The zero-order valence-electron chi connectivity index (χ0n) is 22.1. The van der Waals surface area contributed by atoms with Crippen molar-refractivity contribution in [3.05, 3.63) is 36.3 Å². The van der Waals surface area contributed by atoms with Gasteiger partial charge in [-0.2, -0.15) is 10.2 Å². The molecule has 0 bridgehead atoms. The van der Waals surface area contributed by atoms with Gasteiger partial charge in [0.15, 0.2) is 0 Å². The minimum atomic E-state index is -0.862. The van der Waals surface area contributed by atoms with Crippen molar-refractivity contribution in [2.75, 3.05) is 13.1 Å². The maximum atomic E-state index is 12.4. The Morgan fingerprint density at radius 2 is 1.92 bits per heavy atom. The minimum absolute atomic E-state index is 0.232. The molecule has 2 aromatic heterocycles. The monoisotopic (exact) mass is 510 g/mol. The molecule has 4 heterocycles. The van der Waals surface area contributed by atoms with E-state index in [0.717, 1.165) is 47.1 Å². The summed E-state index contributed by atoms with van der Waals surface area (Å²) >= 11 is 0. The number of piperidine rings is 2. The predicted octanol–water partition coefficient (Wildman–Crippen LogP) is 3.42. The second kappa shape index (κ2) is 10.1. The van der Waals surface area contributed by atoms with Crippen LogP contribution in [0.5, 0.6) is 0 Å². The Kier molecular flexibility index (Phi) is 6.99. The first-order valence-electron chi connectivity index (χ1n) is 13.2. The summed E-state index contributed by atoms with van der Waals surface area (Å²) in [6.07, 6.45) is 5.23. The summed E-state index contributed by atoms with van der Waals surface area (Å²) in [5.74, 6) is 0.447. The number of amides is 1. The van der Waals surface area contributed by atoms with Gasteiger partial charge in [-0.3, -0.25) is 14.7 Å². The van der Waals surface area contributed by atoms with Crippen LogP contribution in [-0.2, 0) is 11.3 Å². The van der Waals surface area contributed by atoms with Gasteiger partial charge in [0, 0.05) is 36.8 Å². The van der Waals surface area contributed by atoms with E-state index < -0.39 is 18.1 Å². The number of rotatable bonds is 4. The lowest BCUT2D eigenvalue weighted by Crippen LogP contribution is -2.48. The first-order chi connectivity index (χ1) is 17.6. The normalized spacial score (nSPS) is 23.5. The number of carbonyl (C=O) groups excluding carboxylic acids is 1. The van der Waals surface area contributed by atoms with E-state index in [4.69, 9.17) is 9.84 Å². The molecule has 200 valence electrons. The van der Waals surface area contributed by atoms with Gasteiger partial charge in [0.2, 0.25) is 0 Å². The summed E-state index contributed by atoms with van der Waals surface area (Å²) in [6, 6.07) is 5.88. The molecule has 10 nitrogen and oxygen atoms in total. The molecule has 0 spiro atoms. The van der Waals surface area contributed by atoms with Crippen molar-refractivity contribution in [2.24, 2.45) is 5.92 Å². The molecule has 3 N–H and O–H groups in total. The summed E-state index contributed by atoms with van der Waals surface area (Å²) in [4.78, 5) is 14.2. The predicted molar refractivity (Wildman–Crippen MR) is 140 cm³/mol. The SMILES string of the molecule is Cc1nn(C2CCC(O)NC2O)c2cccc(-c3cnn(CC4CCN(C(=O)OC(C)(C)C)CC4)c3)c12. The number of aliphatic hydroxyl groups excluding tert-OH is 2. The van der Waals surface area contributed by atoms with Gasteiger partial charge >= 0.3 is 6.09 Å². The van der Waals surface area contributed by atoms with Gasteiger partial charge in [0.05, 0.1) is 23.4 Å². The third-order valence-electron chi connectivity index (χ3n) is 7.34. The molecule has 2 saturated heterocycles. The standard InChI is InChI=1S/C27H38N6O4/c1-17-24-20(6-5-7-21(24)33(30-17)22-8-9-23(34)29-25(22)35)19-14-28-32(16-19)15-18-10-12-31(13-11-18)26(36)37-27(2,3)4/h5-7,14,16,18,22-23,25,29,34-35H,8-13,15H2,1-4H3. The van der Waals surface area contributed by atoms with Crippen LogP contribution in [0.4, 0.5) is 4.79 Å². The molecule has 0 aliphatic carbocycles. The Labute approximate surface area is 217 Å². The Morgan fingerprint density at radius 3 is 2.62 bits per heavy atom. The van der Waals surface area contributed by atoms with Gasteiger partial charge < -0.3 is 19.8 Å². The van der Waals surface area contributed by atoms with Gasteiger partial charge in [-0.15, -0.1) is 0 Å².